The van der Waals surface area contributed by atoms with E-state index in [1.807, 2.05) is 44.2 Å². The molecule has 1 amide bonds. The molecule has 0 aromatic heterocycles. The molecular weight excluding hydrogens is 300 g/mol. The van der Waals surface area contributed by atoms with Crippen molar-refractivity contribution in [2.45, 2.75) is 43.3 Å². The number of nitrogens with zero attached hydrogens (tertiary/aromatic N) is 2. The van der Waals surface area contributed by atoms with Gasteiger partial charge in [0.05, 0.1) is 0 Å². The van der Waals surface area contributed by atoms with Gasteiger partial charge in [0.25, 0.3) is 5.91 Å². The maximum Gasteiger partial charge on any atom is 0.257 e. The average Bonchev–Trinajstić information content (AvgIpc) is 2.85. The highest BCUT2D eigenvalue weighted by molar-refractivity contribution is 8.17. The number of thioether (sulfide) groups is 1. The monoisotopic (exact) mass is 316 g/mol. The van der Waals surface area contributed by atoms with Gasteiger partial charge < -0.3 is 4.74 Å². The molecule has 0 N–H and O–H groups in total. The van der Waals surface area contributed by atoms with Crippen molar-refractivity contribution in [3.05, 3.63) is 35.9 Å². The van der Waals surface area contributed by atoms with Crippen LogP contribution < -0.4 is 0 Å². The number of fused-ring (bicyclic) bond motifs is 1. The molecule has 3 atom stereocenters. The van der Waals surface area contributed by atoms with E-state index in [1.165, 1.54) is 11.8 Å². The van der Waals surface area contributed by atoms with E-state index in [0.717, 1.165) is 5.56 Å². The molecule has 1 aromatic carbocycles. The zero-order chi connectivity index (χ0) is 15.5. The summed E-state index contributed by atoms with van der Waals surface area (Å²) in [5.41, 5.74) is 1.09. The number of benzene rings is 1. The molecule has 0 aliphatic carbocycles. The minimum atomic E-state index is -0.465. The Morgan fingerprint density at radius 2 is 2.00 bits per heavy atom. The summed E-state index contributed by atoms with van der Waals surface area (Å²) in [5, 5.41) is 0.0388. The van der Waals surface area contributed by atoms with Crippen LogP contribution in [0.2, 0.25) is 0 Å². The van der Waals surface area contributed by atoms with Crippen molar-refractivity contribution < 1.29 is 14.3 Å². The van der Waals surface area contributed by atoms with Crippen molar-refractivity contribution in [2.24, 2.45) is 4.99 Å². The number of β-lactam (4-membered cyclic amide) rings is 1. The summed E-state index contributed by atoms with van der Waals surface area (Å²) in [4.78, 5) is 30.1. The van der Waals surface area contributed by atoms with E-state index in [-0.39, 0.29) is 15.8 Å². The molecule has 3 aliphatic heterocycles. The van der Waals surface area contributed by atoms with Gasteiger partial charge in [-0.2, -0.15) is 0 Å². The number of ether oxygens (including phenoxy) is 1. The zero-order valence-corrected chi connectivity index (χ0v) is 13.2. The van der Waals surface area contributed by atoms with Crippen LogP contribution in [0, 0.1) is 0 Å². The van der Waals surface area contributed by atoms with Gasteiger partial charge in [0.1, 0.15) is 6.04 Å². The fraction of sp³-hybridized carbons (Fsp3) is 0.438. The van der Waals surface area contributed by atoms with Gasteiger partial charge in [0, 0.05) is 11.2 Å². The fourth-order valence-corrected chi connectivity index (χ4v) is 4.40. The van der Waals surface area contributed by atoms with E-state index in [9.17, 15) is 9.59 Å². The van der Waals surface area contributed by atoms with Crippen molar-refractivity contribution in [3.8, 4) is 0 Å². The maximum absolute atomic E-state index is 12.3. The molecule has 0 spiro atoms. The lowest BCUT2D eigenvalue weighted by Gasteiger charge is -2.53. The summed E-state index contributed by atoms with van der Waals surface area (Å²) >= 11 is 1.29. The van der Waals surface area contributed by atoms with Gasteiger partial charge in [-0.25, -0.2) is 4.99 Å². The predicted molar refractivity (Wildman–Crippen MR) is 83.6 cm³/mol. The van der Waals surface area contributed by atoms with Gasteiger partial charge >= 0.3 is 0 Å². The summed E-state index contributed by atoms with van der Waals surface area (Å²) in [6.45, 7) is 3.95. The molecule has 114 valence electrons. The first-order chi connectivity index (χ1) is 10.5. The van der Waals surface area contributed by atoms with Gasteiger partial charge in [-0.3, -0.25) is 14.5 Å². The number of carbonyl (C=O) groups is 2. The quantitative estimate of drug-likeness (QED) is 0.795. The smallest absolute Gasteiger partial charge is 0.257 e. The SMILES string of the molecule is CC1(C)SC(=O)C1N1C(=O)[C@@H]2N=C(Cc3ccccc3)O[C@H]21. The van der Waals surface area contributed by atoms with E-state index in [2.05, 4.69) is 4.99 Å². The molecular formula is C16H16N2O3S. The van der Waals surface area contributed by atoms with E-state index in [0.29, 0.717) is 12.3 Å². The first kappa shape index (κ1) is 13.8. The third-order valence-corrected chi connectivity index (χ3v) is 5.49. The Labute approximate surface area is 132 Å². The van der Waals surface area contributed by atoms with Crippen molar-refractivity contribution in [1.82, 2.24) is 4.90 Å². The van der Waals surface area contributed by atoms with Gasteiger partial charge in [-0.1, -0.05) is 42.1 Å². The van der Waals surface area contributed by atoms with Gasteiger partial charge in [-0.15, -0.1) is 0 Å². The zero-order valence-electron chi connectivity index (χ0n) is 12.4. The summed E-state index contributed by atoms with van der Waals surface area (Å²) in [6.07, 6.45) is 0.173. The molecule has 1 unspecified atom stereocenters. The largest absolute Gasteiger partial charge is 0.454 e. The van der Waals surface area contributed by atoms with Crippen LogP contribution in [0.5, 0.6) is 0 Å². The number of aliphatic imine (C=N–C) groups is 1. The highest BCUT2D eigenvalue weighted by Gasteiger charge is 2.64. The molecule has 3 heterocycles. The molecule has 0 radical (unpaired) electrons. The van der Waals surface area contributed by atoms with Crippen molar-refractivity contribution in [3.63, 3.8) is 0 Å². The number of amides is 1. The first-order valence-corrected chi connectivity index (χ1v) is 8.11. The van der Waals surface area contributed by atoms with Gasteiger partial charge in [0.15, 0.2) is 11.9 Å². The van der Waals surface area contributed by atoms with Crippen LogP contribution in [0.1, 0.15) is 19.4 Å². The lowest BCUT2D eigenvalue weighted by atomic mass is 9.94. The second kappa shape index (κ2) is 4.59. The molecule has 2 fully saturated rings. The van der Waals surface area contributed by atoms with Crippen LogP contribution in [0.3, 0.4) is 0 Å². The van der Waals surface area contributed by atoms with Crippen molar-refractivity contribution in [2.75, 3.05) is 0 Å². The molecule has 0 saturated carbocycles. The Morgan fingerprint density at radius 1 is 1.27 bits per heavy atom. The Hall–Kier alpha value is -1.82. The van der Waals surface area contributed by atoms with Crippen LogP contribution >= 0.6 is 11.8 Å². The lowest BCUT2D eigenvalue weighted by molar-refractivity contribution is -0.173. The average molecular weight is 316 g/mol. The molecule has 0 bridgehead atoms. The Morgan fingerprint density at radius 3 is 2.64 bits per heavy atom. The van der Waals surface area contributed by atoms with E-state index in [4.69, 9.17) is 4.74 Å². The van der Waals surface area contributed by atoms with Crippen LogP contribution in [0.15, 0.2) is 35.3 Å². The highest BCUT2D eigenvalue weighted by Crippen LogP contribution is 2.48. The van der Waals surface area contributed by atoms with Crippen molar-refractivity contribution in [1.29, 1.82) is 0 Å². The molecule has 5 nitrogen and oxygen atoms in total. The van der Waals surface area contributed by atoms with Crippen LogP contribution in [0.25, 0.3) is 0 Å². The minimum Gasteiger partial charge on any atom is -0.454 e. The standard InChI is InChI=1S/C16H16N2O3S/c1-16(2)12(15(20)22-16)18-13(19)11-14(18)21-10(17-11)8-9-6-4-3-5-7-9/h3-7,11-12,14H,8H2,1-2H3/t11-,12?,14+/m0/s1. The number of likely N-dealkylation sites (tertiary alicyclic amines) is 1. The normalized spacial score (nSPS) is 31.8. The number of hydrogen-bond donors (Lipinski definition) is 0. The second-order valence-corrected chi connectivity index (χ2v) is 7.97. The summed E-state index contributed by atoms with van der Waals surface area (Å²) in [7, 11) is 0. The molecule has 3 aliphatic rings. The minimum absolute atomic E-state index is 0.0388. The molecule has 2 saturated heterocycles. The first-order valence-electron chi connectivity index (χ1n) is 7.30. The highest BCUT2D eigenvalue weighted by atomic mass is 32.2. The number of rotatable bonds is 3. The van der Waals surface area contributed by atoms with Crippen LogP contribution in [0.4, 0.5) is 0 Å². The predicted octanol–water partition coefficient (Wildman–Crippen LogP) is 1.62. The molecule has 6 heteroatoms. The second-order valence-electron chi connectivity index (χ2n) is 6.31. The third-order valence-electron chi connectivity index (χ3n) is 4.31. The Bertz CT molecular complexity index is 686. The van der Waals surface area contributed by atoms with Gasteiger partial charge in [-0.05, 0) is 19.4 Å². The fourth-order valence-electron chi connectivity index (χ4n) is 3.21. The third kappa shape index (κ3) is 1.90. The Kier molecular flexibility index (Phi) is 2.88. The van der Waals surface area contributed by atoms with Crippen LogP contribution in [-0.4, -0.2) is 44.9 Å². The number of carbonyl (C=O) groups excluding carboxylic acids is 2. The topological polar surface area (TPSA) is 59.0 Å². The Balaban J connectivity index is 1.49. The molecule has 1 aromatic rings. The number of hydrogen-bond acceptors (Lipinski definition) is 5. The van der Waals surface area contributed by atoms with E-state index >= 15 is 0 Å². The summed E-state index contributed by atoms with van der Waals surface area (Å²) in [6, 6.07) is 9.03. The van der Waals surface area contributed by atoms with E-state index in [1.54, 1.807) is 4.90 Å². The maximum atomic E-state index is 12.3. The summed E-state index contributed by atoms with van der Waals surface area (Å²) in [5.74, 6) is 0.481. The summed E-state index contributed by atoms with van der Waals surface area (Å²) < 4.78 is 5.59. The van der Waals surface area contributed by atoms with Gasteiger partial charge in [0.2, 0.25) is 11.3 Å². The molecule has 22 heavy (non-hydrogen) atoms. The lowest BCUT2D eigenvalue weighted by Crippen LogP contribution is -2.74. The van der Waals surface area contributed by atoms with Crippen molar-refractivity contribution >= 4 is 28.7 Å². The van der Waals surface area contributed by atoms with Crippen LogP contribution in [-0.2, 0) is 20.7 Å². The molecule has 4 rings (SSSR count). The van der Waals surface area contributed by atoms with E-state index < -0.39 is 18.3 Å².